The van der Waals surface area contributed by atoms with Crippen LogP contribution in [0.2, 0.25) is 0 Å². The van der Waals surface area contributed by atoms with Gasteiger partial charge in [0.15, 0.2) is 5.78 Å². The number of thiophene rings is 1. The predicted molar refractivity (Wildman–Crippen MR) is 97.3 cm³/mol. The molecule has 3 aromatic rings. The number of nitrogens with two attached hydrogens (primary N) is 1. The summed E-state index contributed by atoms with van der Waals surface area (Å²) in [6.07, 6.45) is 0. The molecule has 2 aromatic heterocycles. The summed E-state index contributed by atoms with van der Waals surface area (Å²) >= 11 is 1.06. The fourth-order valence-corrected chi connectivity index (χ4v) is 3.86. The summed E-state index contributed by atoms with van der Waals surface area (Å²) in [5, 5.41) is 0.289. The molecule has 6 nitrogen and oxygen atoms in total. The number of aromatic nitrogens is 2. The van der Waals surface area contributed by atoms with Crippen LogP contribution in [-0.2, 0) is 6.54 Å². The van der Waals surface area contributed by atoms with Crippen molar-refractivity contribution in [2.75, 3.05) is 0 Å². The van der Waals surface area contributed by atoms with Gasteiger partial charge in [-0.1, -0.05) is 0 Å². The Morgan fingerprint density at radius 3 is 2.58 bits per heavy atom. The minimum Gasteiger partial charge on any atom is -0.365 e. The molecule has 0 atom stereocenters. The van der Waals surface area contributed by atoms with Crippen LogP contribution in [0.25, 0.3) is 10.2 Å². The molecule has 0 saturated carbocycles. The molecule has 0 aliphatic rings. The number of hydrogen-bond acceptors (Lipinski definition) is 5. The van der Waals surface area contributed by atoms with Gasteiger partial charge in [-0.05, 0) is 50.1 Å². The van der Waals surface area contributed by atoms with E-state index in [0.717, 1.165) is 11.3 Å². The topological polar surface area (TPSA) is 95.0 Å². The van der Waals surface area contributed by atoms with Gasteiger partial charge in [-0.2, -0.15) is 0 Å². The lowest BCUT2D eigenvalue weighted by molar-refractivity contribution is 0.0967. The van der Waals surface area contributed by atoms with E-state index in [1.165, 1.54) is 22.8 Å². The zero-order chi connectivity index (χ0) is 19.2. The molecular formula is C18H16FN3O3S. The zero-order valence-electron chi connectivity index (χ0n) is 14.4. The largest absolute Gasteiger partial charge is 0.365 e. The van der Waals surface area contributed by atoms with Gasteiger partial charge in [0, 0.05) is 5.56 Å². The average molecular weight is 373 g/mol. The van der Waals surface area contributed by atoms with Crippen LogP contribution < -0.4 is 11.3 Å². The summed E-state index contributed by atoms with van der Waals surface area (Å²) in [5.41, 5.74) is 6.07. The first-order valence-corrected chi connectivity index (χ1v) is 8.62. The fourth-order valence-electron chi connectivity index (χ4n) is 2.79. The maximum atomic E-state index is 13.4. The van der Waals surface area contributed by atoms with Crippen LogP contribution in [-0.4, -0.2) is 21.2 Å². The van der Waals surface area contributed by atoms with Crippen LogP contribution in [0.15, 0.2) is 23.0 Å². The summed E-state index contributed by atoms with van der Waals surface area (Å²) in [4.78, 5) is 41.9. The highest BCUT2D eigenvalue weighted by molar-refractivity contribution is 7.20. The van der Waals surface area contributed by atoms with Crippen LogP contribution >= 0.6 is 11.3 Å². The molecule has 0 aliphatic carbocycles. The van der Waals surface area contributed by atoms with E-state index in [9.17, 15) is 18.8 Å². The van der Waals surface area contributed by atoms with Gasteiger partial charge in [-0.15, -0.1) is 11.3 Å². The minimum atomic E-state index is -0.619. The Morgan fingerprint density at radius 2 is 1.96 bits per heavy atom. The molecule has 0 fully saturated rings. The molecule has 0 radical (unpaired) electrons. The van der Waals surface area contributed by atoms with E-state index in [1.807, 2.05) is 0 Å². The van der Waals surface area contributed by atoms with Crippen LogP contribution in [0.4, 0.5) is 4.39 Å². The second-order valence-corrected chi connectivity index (χ2v) is 7.04. The molecule has 2 N–H and O–H groups in total. The SMILES string of the molecule is Cc1cc(C(=O)Cn2c(C)nc3sc(C(N)=O)c(C)c3c2=O)ccc1F. The van der Waals surface area contributed by atoms with E-state index in [-0.39, 0.29) is 22.6 Å². The zero-order valence-corrected chi connectivity index (χ0v) is 15.2. The first-order valence-electron chi connectivity index (χ1n) is 7.80. The highest BCUT2D eigenvalue weighted by Crippen LogP contribution is 2.26. The molecule has 1 aromatic carbocycles. The lowest BCUT2D eigenvalue weighted by Gasteiger charge is -2.09. The molecular weight excluding hydrogens is 357 g/mol. The van der Waals surface area contributed by atoms with Crippen molar-refractivity contribution < 1.29 is 14.0 Å². The smallest absolute Gasteiger partial charge is 0.262 e. The standard InChI is InChI=1S/C18H16FN3O3S/c1-8-6-11(4-5-12(8)19)13(23)7-22-10(3)21-17-14(18(22)25)9(2)15(26-17)16(20)24/h4-6H,7H2,1-3H3,(H2,20,24). The van der Waals surface area contributed by atoms with Gasteiger partial charge < -0.3 is 5.73 Å². The van der Waals surface area contributed by atoms with Crippen molar-refractivity contribution in [1.82, 2.24) is 9.55 Å². The third-order valence-electron chi connectivity index (χ3n) is 4.25. The molecule has 3 rings (SSSR count). The molecule has 2 heterocycles. The Hall–Kier alpha value is -2.87. The number of benzene rings is 1. The summed E-state index contributed by atoms with van der Waals surface area (Å²) in [7, 11) is 0. The molecule has 0 spiro atoms. The molecule has 0 aliphatic heterocycles. The van der Waals surface area contributed by atoms with Gasteiger partial charge in [0.05, 0.1) is 16.8 Å². The van der Waals surface area contributed by atoms with E-state index in [2.05, 4.69) is 4.98 Å². The van der Waals surface area contributed by atoms with Crippen LogP contribution in [0.5, 0.6) is 0 Å². The Labute approximate surface area is 152 Å². The molecule has 26 heavy (non-hydrogen) atoms. The number of ketones is 1. The predicted octanol–water partition coefficient (Wildman–Crippen LogP) is 2.50. The normalized spacial score (nSPS) is 11.1. The van der Waals surface area contributed by atoms with Crippen molar-refractivity contribution in [3.05, 3.63) is 61.8 Å². The molecule has 1 amide bonds. The number of halogens is 1. The quantitative estimate of drug-likeness (QED) is 0.711. The summed E-state index contributed by atoms with van der Waals surface area (Å²) in [6, 6.07) is 4.06. The van der Waals surface area contributed by atoms with Crippen molar-refractivity contribution in [3.8, 4) is 0 Å². The second-order valence-electron chi connectivity index (χ2n) is 6.04. The van der Waals surface area contributed by atoms with E-state index in [1.54, 1.807) is 20.8 Å². The maximum absolute atomic E-state index is 13.4. The van der Waals surface area contributed by atoms with E-state index >= 15 is 0 Å². The van der Waals surface area contributed by atoms with Gasteiger partial charge in [-0.25, -0.2) is 9.37 Å². The first kappa shape index (κ1) is 17.9. The molecule has 0 unspecified atom stereocenters. The number of hydrogen-bond donors (Lipinski definition) is 1. The number of carbonyl (C=O) groups excluding carboxylic acids is 2. The number of fused-ring (bicyclic) bond motifs is 1. The van der Waals surface area contributed by atoms with Gasteiger partial charge in [0.2, 0.25) is 0 Å². The maximum Gasteiger partial charge on any atom is 0.262 e. The number of nitrogens with zero attached hydrogens (tertiary/aromatic N) is 2. The van der Waals surface area contributed by atoms with Crippen molar-refractivity contribution in [1.29, 1.82) is 0 Å². The highest BCUT2D eigenvalue weighted by atomic mass is 32.1. The number of aryl methyl sites for hydroxylation is 3. The highest BCUT2D eigenvalue weighted by Gasteiger charge is 2.20. The summed E-state index contributed by atoms with van der Waals surface area (Å²) in [6.45, 7) is 4.59. The monoisotopic (exact) mass is 373 g/mol. The van der Waals surface area contributed by atoms with Crippen molar-refractivity contribution in [2.45, 2.75) is 27.3 Å². The number of amides is 1. The Morgan fingerprint density at radius 1 is 1.27 bits per heavy atom. The van der Waals surface area contributed by atoms with E-state index in [4.69, 9.17) is 5.73 Å². The van der Waals surface area contributed by atoms with Crippen molar-refractivity contribution in [3.63, 3.8) is 0 Å². The van der Waals surface area contributed by atoms with E-state index < -0.39 is 17.3 Å². The van der Waals surface area contributed by atoms with Gasteiger partial charge in [0.25, 0.3) is 11.5 Å². The number of rotatable bonds is 4. The molecule has 0 saturated heterocycles. The van der Waals surface area contributed by atoms with Crippen LogP contribution in [0.1, 0.15) is 37.0 Å². The number of Topliss-reactive ketones (excluding diaryl/α,β-unsaturated/α-hetero) is 1. The third-order valence-corrected chi connectivity index (χ3v) is 5.45. The molecule has 134 valence electrons. The van der Waals surface area contributed by atoms with Crippen molar-refractivity contribution in [2.24, 2.45) is 5.73 Å². The minimum absolute atomic E-state index is 0.222. The number of carbonyl (C=O) groups is 2. The van der Waals surface area contributed by atoms with Gasteiger partial charge >= 0.3 is 0 Å². The first-order chi connectivity index (χ1) is 12.2. The van der Waals surface area contributed by atoms with Gasteiger partial charge in [0.1, 0.15) is 16.5 Å². The lowest BCUT2D eigenvalue weighted by Crippen LogP contribution is -2.27. The van der Waals surface area contributed by atoms with Crippen LogP contribution in [0, 0.1) is 26.6 Å². The summed E-state index contributed by atoms with van der Waals surface area (Å²) < 4.78 is 14.6. The second kappa shape index (κ2) is 6.45. The Kier molecular flexibility index (Phi) is 4.45. The van der Waals surface area contributed by atoms with Crippen LogP contribution in [0.3, 0.4) is 0 Å². The summed E-state index contributed by atoms with van der Waals surface area (Å²) in [5.74, 6) is -0.993. The Balaban J connectivity index is 2.09. The number of primary amides is 1. The van der Waals surface area contributed by atoms with E-state index in [0.29, 0.717) is 27.3 Å². The van der Waals surface area contributed by atoms with Crippen molar-refractivity contribution >= 4 is 33.2 Å². The van der Waals surface area contributed by atoms with Gasteiger partial charge in [-0.3, -0.25) is 19.0 Å². The fraction of sp³-hybridized carbons (Fsp3) is 0.222. The Bertz CT molecular complexity index is 1130. The lowest BCUT2D eigenvalue weighted by atomic mass is 10.1. The third kappa shape index (κ3) is 2.92. The molecule has 8 heteroatoms. The average Bonchev–Trinajstić information content (AvgIpc) is 2.90. The molecule has 0 bridgehead atoms.